The Kier molecular flexibility index (Phi) is 6.82. The number of ether oxygens (including phenoxy) is 3. The lowest BCUT2D eigenvalue weighted by atomic mass is 9.92. The maximum atomic E-state index is 13.7. The number of piperazine rings is 1. The zero-order valence-corrected chi connectivity index (χ0v) is 21.2. The summed E-state index contributed by atoms with van der Waals surface area (Å²) in [4.78, 5) is 15.2. The molecule has 11 heteroatoms. The van der Waals surface area contributed by atoms with E-state index in [-0.39, 0.29) is 30.5 Å². The molecule has 5 rings (SSSR count). The molecule has 0 aromatic heterocycles. The van der Waals surface area contributed by atoms with Crippen molar-refractivity contribution in [3.05, 3.63) is 41.4 Å². The van der Waals surface area contributed by atoms with Crippen LogP contribution in [0, 0.1) is 0 Å². The minimum atomic E-state index is -3.97. The second-order valence-electron chi connectivity index (χ2n) is 9.43. The van der Waals surface area contributed by atoms with E-state index in [1.54, 1.807) is 48.4 Å². The van der Waals surface area contributed by atoms with E-state index >= 15 is 0 Å². The van der Waals surface area contributed by atoms with E-state index in [0.29, 0.717) is 24.8 Å². The standard InChI is InChI=1S/C24H30ClN3O6S/c1-32-10-11-33-17-24-16-27(14-22(29)28(24)15-23(34-24)6-8-26-9-7-23)35(30,31)21-5-3-18-12-20(25)4-2-19(18)13-21/h2-5,12-13,26H,6-11,14-17H2,1H3. The van der Waals surface area contributed by atoms with Crippen LogP contribution in [0.25, 0.3) is 10.8 Å². The number of sulfonamides is 1. The van der Waals surface area contributed by atoms with Crippen LogP contribution in [0.2, 0.25) is 5.02 Å². The number of benzene rings is 2. The summed E-state index contributed by atoms with van der Waals surface area (Å²) < 4.78 is 46.2. The van der Waals surface area contributed by atoms with Crippen LogP contribution in [0.4, 0.5) is 0 Å². The van der Waals surface area contributed by atoms with Crippen molar-refractivity contribution in [3.63, 3.8) is 0 Å². The van der Waals surface area contributed by atoms with Crippen molar-refractivity contribution in [1.82, 2.24) is 14.5 Å². The van der Waals surface area contributed by atoms with E-state index in [4.69, 9.17) is 25.8 Å². The third-order valence-electron chi connectivity index (χ3n) is 7.07. The van der Waals surface area contributed by atoms with Crippen molar-refractivity contribution < 1.29 is 27.4 Å². The molecule has 1 unspecified atom stereocenters. The lowest BCUT2D eigenvalue weighted by Gasteiger charge is -2.44. The maximum absolute atomic E-state index is 13.7. The first-order chi connectivity index (χ1) is 16.8. The molecule has 3 fully saturated rings. The Balaban J connectivity index is 1.46. The van der Waals surface area contributed by atoms with Crippen LogP contribution in [0.1, 0.15) is 12.8 Å². The van der Waals surface area contributed by atoms with E-state index in [1.165, 1.54) is 4.31 Å². The van der Waals surface area contributed by atoms with Gasteiger partial charge in [-0.1, -0.05) is 23.7 Å². The number of methoxy groups -OCH3 is 1. The fourth-order valence-electron chi connectivity index (χ4n) is 5.27. The van der Waals surface area contributed by atoms with E-state index in [0.717, 1.165) is 36.7 Å². The number of fused-ring (bicyclic) bond motifs is 2. The predicted octanol–water partition coefficient (Wildman–Crippen LogP) is 1.84. The molecule has 1 amide bonds. The van der Waals surface area contributed by atoms with Crippen molar-refractivity contribution in [3.8, 4) is 0 Å². The van der Waals surface area contributed by atoms with Crippen LogP contribution < -0.4 is 5.32 Å². The van der Waals surface area contributed by atoms with Crippen molar-refractivity contribution >= 4 is 38.3 Å². The largest absolute Gasteiger partial charge is 0.382 e. The van der Waals surface area contributed by atoms with E-state index in [1.807, 2.05) is 0 Å². The lowest BCUT2D eigenvalue weighted by Crippen LogP contribution is -2.65. The molecular formula is C24H30ClN3O6S. The molecule has 0 aliphatic carbocycles. The summed E-state index contributed by atoms with van der Waals surface area (Å²) in [5.41, 5.74) is -1.69. The number of carbonyl (C=O) groups excluding carboxylic acids is 1. The Morgan fingerprint density at radius 3 is 2.60 bits per heavy atom. The molecule has 1 N–H and O–H groups in total. The number of halogens is 1. The van der Waals surface area contributed by atoms with Crippen LogP contribution in [0.3, 0.4) is 0 Å². The van der Waals surface area contributed by atoms with Crippen molar-refractivity contribution in [1.29, 1.82) is 0 Å². The lowest BCUT2D eigenvalue weighted by molar-refractivity contribution is -0.199. The van der Waals surface area contributed by atoms with Crippen LogP contribution in [-0.4, -0.2) is 94.5 Å². The Bertz CT molecular complexity index is 1220. The summed E-state index contributed by atoms with van der Waals surface area (Å²) >= 11 is 6.07. The second-order valence-corrected chi connectivity index (χ2v) is 11.8. The Hall–Kier alpha value is -1.79. The van der Waals surface area contributed by atoms with Gasteiger partial charge in [0, 0.05) is 12.1 Å². The van der Waals surface area contributed by atoms with E-state index < -0.39 is 21.3 Å². The minimum absolute atomic E-state index is 0.00187. The molecule has 2 aromatic carbocycles. The normalized spacial score (nSPS) is 24.9. The number of nitrogens with zero attached hydrogens (tertiary/aromatic N) is 2. The summed E-state index contributed by atoms with van der Waals surface area (Å²) in [6.07, 6.45) is 1.49. The average molecular weight is 524 g/mol. The van der Waals surface area contributed by atoms with E-state index in [9.17, 15) is 13.2 Å². The fraction of sp³-hybridized carbons (Fsp3) is 0.542. The summed E-state index contributed by atoms with van der Waals surface area (Å²) in [5, 5.41) is 5.50. The highest BCUT2D eigenvalue weighted by molar-refractivity contribution is 7.89. The quantitative estimate of drug-likeness (QED) is 0.553. The molecule has 0 bridgehead atoms. The van der Waals surface area contributed by atoms with Gasteiger partial charge >= 0.3 is 0 Å². The zero-order valence-electron chi connectivity index (χ0n) is 19.7. The number of nitrogens with one attached hydrogen (secondary N) is 1. The fourth-order valence-corrected chi connectivity index (χ4v) is 6.91. The first-order valence-electron chi connectivity index (χ1n) is 11.7. The molecule has 1 spiro atoms. The minimum Gasteiger partial charge on any atom is -0.382 e. The molecule has 190 valence electrons. The van der Waals surface area contributed by atoms with Gasteiger partial charge in [-0.05, 0) is 61.0 Å². The van der Waals surface area contributed by atoms with Crippen LogP contribution in [-0.2, 0) is 29.0 Å². The molecular weight excluding hydrogens is 494 g/mol. The Morgan fingerprint density at radius 1 is 1.09 bits per heavy atom. The number of amides is 1. The topological polar surface area (TPSA) is 97.4 Å². The van der Waals surface area contributed by atoms with Gasteiger partial charge in [0.05, 0.1) is 50.0 Å². The first-order valence-corrected chi connectivity index (χ1v) is 13.6. The van der Waals surface area contributed by atoms with Crippen molar-refractivity contribution in [2.24, 2.45) is 0 Å². The number of piperidine rings is 1. The molecule has 3 heterocycles. The first kappa shape index (κ1) is 24.9. The maximum Gasteiger partial charge on any atom is 0.243 e. The predicted molar refractivity (Wildman–Crippen MR) is 131 cm³/mol. The van der Waals surface area contributed by atoms with Crippen LogP contribution in [0.15, 0.2) is 41.3 Å². The summed E-state index contributed by atoms with van der Waals surface area (Å²) in [6, 6.07) is 10.2. The van der Waals surface area contributed by atoms with Gasteiger partial charge in [0.25, 0.3) is 0 Å². The van der Waals surface area contributed by atoms with Gasteiger partial charge in [0.15, 0.2) is 5.72 Å². The molecule has 35 heavy (non-hydrogen) atoms. The third-order valence-corrected chi connectivity index (χ3v) is 9.09. The summed E-state index contributed by atoms with van der Waals surface area (Å²) in [5.74, 6) is -0.279. The summed E-state index contributed by atoms with van der Waals surface area (Å²) in [6.45, 7) is 2.55. The number of hydrogen-bond acceptors (Lipinski definition) is 7. The Morgan fingerprint density at radius 2 is 1.83 bits per heavy atom. The average Bonchev–Trinajstić information content (AvgIpc) is 3.16. The summed E-state index contributed by atoms with van der Waals surface area (Å²) in [7, 11) is -2.39. The number of carbonyl (C=O) groups is 1. The van der Waals surface area contributed by atoms with Gasteiger partial charge in [0.2, 0.25) is 15.9 Å². The van der Waals surface area contributed by atoms with Gasteiger partial charge in [-0.3, -0.25) is 4.79 Å². The molecule has 3 aliphatic rings. The van der Waals surface area contributed by atoms with Gasteiger partial charge in [0.1, 0.15) is 0 Å². The molecule has 3 aliphatic heterocycles. The zero-order chi connectivity index (χ0) is 24.7. The molecule has 0 saturated carbocycles. The molecule has 9 nitrogen and oxygen atoms in total. The van der Waals surface area contributed by atoms with Gasteiger partial charge in [-0.25, -0.2) is 8.42 Å². The molecule has 0 radical (unpaired) electrons. The highest BCUT2D eigenvalue weighted by Gasteiger charge is 2.60. The number of rotatable bonds is 7. The van der Waals surface area contributed by atoms with Crippen molar-refractivity contribution in [2.45, 2.75) is 29.1 Å². The van der Waals surface area contributed by atoms with Crippen LogP contribution in [0.5, 0.6) is 0 Å². The highest BCUT2D eigenvalue weighted by atomic mass is 35.5. The van der Waals surface area contributed by atoms with Crippen molar-refractivity contribution in [2.75, 3.05) is 59.7 Å². The highest BCUT2D eigenvalue weighted by Crippen LogP contribution is 2.43. The monoisotopic (exact) mass is 523 g/mol. The second kappa shape index (κ2) is 9.59. The van der Waals surface area contributed by atoms with Crippen LogP contribution >= 0.6 is 11.6 Å². The van der Waals surface area contributed by atoms with E-state index in [2.05, 4.69) is 5.32 Å². The Labute approximate surface area is 210 Å². The molecule has 3 saturated heterocycles. The third kappa shape index (κ3) is 4.69. The number of hydrogen-bond donors (Lipinski definition) is 1. The van der Waals surface area contributed by atoms with Gasteiger partial charge in [-0.2, -0.15) is 4.31 Å². The van der Waals surface area contributed by atoms with Gasteiger partial charge in [-0.15, -0.1) is 0 Å². The molecule has 2 aromatic rings. The van der Waals surface area contributed by atoms with Gasteiger partial charge < -0.3 is 24.4 Å². The molecule has 1 atom stereocenters. The smallest absolute Gasteiger partial charge is 0.243 e. The SMILES string of the molecule is COCCOCC12CN(S(=O)(=O)c3ccc4cc(Cl)ccc4c3)CC(=O)N1CC1(CCNCC1)O2.